The Kier molecular flexibility index (Phi) is 6.13. The summed E-state index contributed by atoms with van der Waals surface area (Å²) < 4.78 is 0. The summed E-state index contributed by atoms with van der Waals surface area (Å²) in [7, 11) is 1.97. The van der Waals surface area contributed by atoms with Crippen LogP contribution in [0, 0.1) is 6.92 Å². The van der Waals surface area contributed by atoms with Gasteiger partial charge in [0, 0.05) is 19.2 Å². The van der Waals surface area contributed by atoms with Crippen molar-refractivity contribution in [2.75, 3.05) is 7.05 Å². The predicted molar refractivity (Wildman–Crippen MR) is 95.6 cm³/mol. The molecule has 1 aliphatic carbocycles. The molecular weight excluding hydrogens is 292 g/mol. The summed E-state index contributed by atoms with van der Waals surface area (Å²) in [4.78, 5) is 14.0. The minimum atomic E-state index is -0.173. The Hall–Kier alpha value is -1.68. The maximum absolute atomic E-state index is 12.0. The van der Waals surface area contributed by atoms with E-state index in [0.717, 1.165) is 18.4 Å². The highest BCUT2D eigenvalue weighted by Crippen LogP contribution is 2.21. The molecule has 0 unspecified atom stereocenters. The maximum atomic E-state index is 12.0. The van der Waals surface area contributed by atoms with E-state index in [0.29, 0.717) is 11.2 Å². The van der Waals surface area contributed by atoms with Crippen LogP contribution in [0.25, 0.3) is 6.08 Å². The molecule has 1 aliphatic rings. The van der Waals surface area contributed by atoms with Crippen molar-refractivity contribution in [2.24, 2.45) is 0 Å². The molecule has 1 aromatic carbocycles. The summed E-state index contributed by atoms with van der Waals surface area (Å²) in [5, 5.41) is 3.31. The quantitative estimate of drug-likeness (QED) is 0.682. The fraction of sp³-hybridized carbons (Fsp3) is 0.444. The molecule has 0 heterocycles. The third-order valence-corrected chi connectivity index (χ3v) is 4.57. The molecule has 1 N–H and O–H groups in total. The van der Waals surface area contributed by atoms with Crippen LogP contribution in [0.2, 0.25) is 0 Å². The van der Waals surface area contributed by atoms with Crippen molar-refractivity contribution in [3.63, 3.8) is 0 Å². The number of thiocarbonyl (C=S) groups is 1. The molecule has 1 saturated carbocycles. The Bertz CT molecular complexity index is 545. The van der Waals surface area contributed by atoms with Gasteiger partial charge in [0.2, 0.25) is 5.91 Å². The molecule has 1 fully saturated rings. The number of benzene rings is 1. The van der Waals surface area contributed by atoms with Gasteiger partial charge in [-0.05, 0) is 43.6 Å². The SMILES string of the molecule is Cc1ccc(/C=C/C(=O)NC(=S)N(C)C2CCCCC2)cc1. The van der Waals surface area contributed by atoms with Gasteiger partial charge in [-0.2, -0.15) is 0 Å². The van der Waals surface area contributed by atoms with Gasteiger partial charge in [0.1, 0.15) is 0 Å². The van der Waals surface area contributed by atoms with Gasteiger partial charge in [-0.25, -0.2) is 0 Å². The number of carbonyl (C=O) groups excluding carboxylic acids is 1. The van der Waals surface area contributed by atoms with Crippen LogP contribution in [0.4, 0.5) is 0 Å². The smallest absolute Gasteiger partial charge is 0.250 e. The first-order chi connectivity index (χ1) is 10.6. The third-order valence-electron chi connectivity index (χ3n) is 4.18. The topological polar surface area (TPSA) is 32.3 Å². The molecule has 0 saturated heterocycles. The van der Waals surface area contributed by atoms with E-state index in [1.54, 1.807) is 6.08 Å². The van der Waals surface area contributed by atoms with Gasteiger partial charge in [-0.15, -0.1) is 0 Å². The Balaban J connectivity index is 1.85. The normalized spacial score (nSPS) is 15.7. The van der Waals surface area contributed by atoms with E-state index < -0.39 is 0 Å². The van der Waals surface area contributed by atoms with E-state index in [1.807, 2.05) is 43.1 Å². The third kappa shape index (κ3) is 4.95. The predicted octanol–water partition coefficient (Wildman–Crippen LogP) is 3.67. The molecule has 3 nitrogen and oxygen atoms in total. The number of carbonyl (C=O) groups is 1. The van der Waals surface area contributed by atoms with Crippen molar-refractivity contribution in [1.29, 1.82) is 0 Å². The van der Waals surface area contributed by atoms with Crippen molar-refractivity contribution < 1.29 is 4.79 Å². The first kappa shape index (κ1) is 16.7. The molecule has 1 amide bonds. The summed E-state index contributed by atoms with van der Waals surface area (Å²) in [5.41, 5.74) is 2.21. The first-order valence-corrected chi connectivity index (χ1v) is 8.29. The monoisotopic (exact) mass is 316 g/mol. The van der Waals surface area contributed by atoms with Gasteiger partial charge in [0.25, 0.3) is 0 Å². The summed E-state index contributed by atoms with van der Waals surface area (Å²) in [6, 6.07) is 8.50. The Morgan fingerprint density at radius 2 is 1.86 bits per heavy atom. The van der Waals surface area contributed by atoms with Crippen molar-refractivity contribution in [2.45, 2.75) is 45.1 Å². The van der Waals surface area contributed by atoms with Crippen LogP contribution >= 0.6 is 12.2 Å². The first-order valence-electron chi connectivity index (χ1n) is 7.89. The molecule has 0 aliphatic heterocycles. The van der Waals surface area contributed by atoms with E-state index in [2.05, 4.69) is 5.32 Å². The lowest BCUT2D eigenvalue weighted by Crippen LogP contribution is -2.45. The second-order valence-electron chi connectivity index (χ2n) is 5.94. The van der Waals surface area contributed by atoms with Crippen LogP contribution in [-0.2, 0) is 4.79 Å². The lowest BCUT2D eigenvalue weighted by atomic mass is 9.95. The van der Waals surface area contributed by atoms with E-state index >= 15 is 0 Å². The highest BCUT2D eigenvalue weighted by molar-refractivity contribution is 7.80. The average Bonchev–Trinajstić information content (AvgIpc) is 2.54. The lowest BCUT2D eigenvalue weighted by molar-refractivity contribution is -0.115. The molecule has 118 valence electrons. The Morgan fingerprint density at radius 3 is 2.50 bits per heavy atom. The zero-order valence-electron chi connectivity index (χ0n) is 13.3. The molecule has 0 bridgehead atoms. The summed E-state index contributed by atoms with van der Waals surface area (Å²) in [5.74, 6) is -0.173. The van der Waals surface area contributed by atoms with Crippen LogP contribution in [-0.4, -0.2) is 29.0 Å². The van der Waals surface area contributed by atoms with Gasteiger partial charge >= 0.3 is 0 Å². The fourth-order valence-electron chi connectivity index (χ4n) is 2.72. The van der Waals surface area contributed by atoms with Crippen LogP contribution < -0.4 is 5.32 Å². The van der Waals surface area contributed by atoms with Crippen molar-refractivity contribution in [3.05, 3.63) is 41.5 Å². The number of rotatable bonds is 3. The zero-order valence-corrected chi connectivity index (χ0v) is 14.2. The number of nitrogens with zero attached hydrogens (tertiary/aromatic N) is 1. The van der Waals surface area contributed by atoms with Gasteiger partial charge < -0.3 is 4.90 Å². The maximum Gasteiger partial charge on any atom is 0.250 e. The fourth-order valence-corrected chi connectivity index (χ4v) is 2.97. The van der Waals surface area contributed by atoms with Gasteiger partial charge in [-0.1, -0.05) is 49.1 Å². The van der Waals surface area contributed by atoms with Crippen LogP contribution in [0.3, 0.4) is 0 Å². The summed E-state index contributed by atoms with van der Waals surface area (Å²) in [6.07, 6.45) is 9.46. The standard InChI is InChI=1S/C18H24N2OS/c1-14-8-10-15(11-9-14)12-13-17(21)19-18(22)20(2)16-6-4-3-5-7-16/h8-13,16H,3-7H2,1-2H3,(H,19,21,22)/b13-12+. The van der Waals surface area contributed by atoms with Crippen LogP contribution in [0.15, 0.2) is 30.3 Å². The molecule has 22 heavy (non-hydrogen) atoms. The molecule has 0 atom stereocenters. The van der Waals surface area contributed by atoms with E-state index in [-0.39, 0.29) is 5.91 Å². The van der Waals surface area contributed by atoms with E-state index in [9.17, 15) is 4.79 Å². The molecule has 1 aromatic rings. The van der Waals surface area contributed by atoms with Gasteiger partial charge in [0.05, 0.1) is 0 Å². The molecule has 2 rings (SSSR count). The second kappa shape index (κ2) is 8.08. The molecule has 4 heteroatoms. The number of nitrogens with one attached hydrogen (secondary N) is 1. The molecule has 0 aromatic heterocycles. The largest absolute Gasteiger partial charge is 0.349 e. The minimum absolute atomic E-state index is 0.173. The zero-order chi connectivity index (χ0) is 15.9. The number of hydrogen-bond acceptors (Lipinski definition) is 2. The highest BCUT2D eigenvalue weighted by Gasteiger charge is 2.20. The number of amides is 1. The Morgan fingerprint density at radius 1 is 1.23 bits per heavy atom. The second-order valence-corrected chi connectivity index (χ2v) is 6.33. The van der Waals surface area contributed by atoms with Gasteiger partial charge in [0.15, 0.2) is 5.11 Å². The molecular formula is C18H24N2OS. The average molecular weight is 316 g/mol. The summed E-state index contributed by atoms with van der Waals surface area (Å²) >= 11 is 5.34. The molecule has 0 spiro atoms. The van der Waals surface area contributed by atoms with Crippen molar-refractivity contribution in [1.82, 2.24) is 10.2 Å². The number of aryl methyl sites for hydroxylation is 1. The van der Waals surface area contributed by atoms with Crippen molar-refractivity contribution in [3.8, 4) is 0 Å². The highest BCUT2D eigenvalue weighted by atomic mass is 32.1. The van der Waals surface area contributed by atoms with Gasteiger partial charge in [-0.3, -0.25) is 10.1 Å². The van der Waals surface area contributed by atoms with Crippen molar-refractivity contribution >= 4 is 29.3 Å². The lowest BCUT2D eigenvalue weighted by Gasteiger charge is -2.32. The summed E-state index contributed by atoms with van der Waals surface area (Å²) in [6.45, 7) is 2.04. The van der Waals surface area contributed by atoms with Crippen LogP contribution in [0.1, 0.15) is 43.2 Å². The number of hydrogen-bond donors (Lipinski definition) is 1. The minimum Gasteiger partial charge on any atom is -0.349 e. The Labute approximate surface area is 138 Å². The molecule has 0 radical (unpaired) electrons. The van der Waals surface area contributed by atoms with E-state index in [4.69, 9.17) is 12.2 Å². The van der Waals surface area contributed by atoms with Crippen LogP contribution in [0.5, 0.6) is 0 Å². The van der Waals surface area contributed by atoms with E-state index in [1.165, 1.54) is 30.9 Å².